The van der Waals surface area contributed by atoms with E-state index in [1.165, 1.54) is 0 Å². The van der Waals surface area contributed by atoms with E-state index >= 15 is 0 Å². The van der Waals surface area contributed by atoms with Gasteiger partial charge in [0.15, 0.2) is 0 Å². The van der Waals surface area contributed by atoms with Gasteiger partial charge in [-0.05, 0) is 36.5 Å². The van der Waals surface area contributed by atoms with Crippen molar-refractivity contribution in [3.05, 3.63) is 30.1 Å². The predicted octanol–water partition coefficient (Wildman–Crippen LogP) is 2.06. The maximum absolute atomic E-state index is 12.4. The topological polar surface area (TPSA) is 50.3 Å². The van der Waals surface area contributed by atoms with Crippen molar-refractivity contribution in [2.45, 2.75) is 25.8 Å². The van der Waals surface area contributed by atoms with E-state index in [2.05, 4.69) is 27.8 Å². The Labute approximate surface area is 123 Å². The minimum Gasteiger partial charge on any atom is -0.265 e. The number of halogens is 1. The van der Waals surface area contributed by atoms with Crippen LogP contribution in [0.5, 0.6) is 0 Å². The van der Waals surface area contributed by atoms with Gasteiger partial charge in [0, 0.05) is 30.3 Å². The highest BCUT2D eigenvalue weighted by molar-refractivity contribution is 9.09. The van der Waals surface area contributed by atoms with Crippen molar-refractivity contribution in [3.8, 4) is 0 Å². The number of aromatic nitrogens is 1. The lowest BCUT2D eigenvalue weighted by molar-refractivity contribution is 0.378. The fraction of sp³-hybridized carbons (Fsp3) is 0.615. The number of aryl methyl sites for hydroxylation is 1. The van der Waals surface area contributed by atoms with E-state index < -0.39 is 10.0 Å². The Hall–Kier alpha value is -0.460. The molecule has 1 saturated heterocycles. The summed E-state index contributed by atoms with van der Waals surface area (Å²) in [5, 5.41) is 0.711. The zero-order chi connectivity index (χ0) is 13.9. The average molecular weight is 347 g/mol. The first-order valence-corrected chi connectivity index (χ1v) is 9.22. The van der Waals surface area contributed by atoms with Gasteiger partial charge in [0.2, 0.25) is 10.0 Å². The van der Waals surface area contributed by atoms with Crippen LogP contribution < -0.4 is 0 Å². The Morgan fingerprint density at radius 3 is 2.74 bits per heavy atom. The summed E-state index contributed by atoms with van der Waals surface area (Å²) in [7, 11) is -3.17. The van der Waals surface area contributed by atoms with Gasteiger partial charge in [-0.2, -0.15) is 4.31 Å². The summed E-state index contributed by atoms with van der Waals surface area (Å²) >= 11 is 3.43. The van der Waals surface area contributed by atoms with E-state index in [-0.39, 0.29) is 11.8 Å². The van der Waals surface area contributed by atoms with Gasteiger partial charge >= 0.3 is 0 Å². The van der Waals surface area contributed by atoms with Crippen LogP contribution in [0.2, 0.25) is 0 Å². The number of hydrogen-bond donors (Lipinski definition) is 0. The zero-order valence-electron chi connectivity index (χ0n) is 11.0. The van der Waals surface area contributed by atoms with Crippen molar-refractivity contribution < 1.29 is 8.42 Å². The molecule has 1 aromatic rings. The molecule has 106 valence electrons. The van der Waals surface area contributed by atoms with Crippen LogP contribution in [0.15, 0.2) is 24.5 Å². The molecule has 1 fully saturated rings. The third kappa shape index (κ3) is 3.55. The molecule has 2 unspecified atom stereocenters. The molecule has 0 amide bonds. The van der Waals surface area contributed by atoms with Gasteiger partial charge in [0.1, 0.15) is 0 Å². The monoisotopic (exact) mass is 346 g/mol. The highest BCUT2D eigenvalue weighted by atomic mass is 79.9. The Bertz CT molecular complexity index is 507. The molecule has 1 aliphatic heterocycles. The van der Waals surface area contributed by atoms with Crippen LogP contribution in [0.1, 0.15) is 18.9 Å². The molecule has 0 bridgehead atoms. The van der Waals surface area contributed by atoms with Crippen molar-refractivity contribution in [1.29, 1.82) is 0 Å². The van der Waals surface area contributed by atoms with Crippen LogP contribution in [-0.2, 0) is 16.4 Å². The summed E-state index contributed by atoms with van der Waals surface area (Å²) in [5.74, 6) is 0.600. The molecule has 0 aliphatic carbocycles. The molecule has 4 nitrogen and oxygen atoms in total. The standard InChI is InChI=1S/C13H19BrN2O2S/c1-11-4-8-16(13(11)10-14)19(17,18)9-5-12-2-6-15-7-3-12/h2-3,6-7,11,13H,4-5,8-10H2,1H3. The van der Waals surface area contributed by atoms with Crippen LogP contribution >= 0.6 is 15.9 Å². The van der Waals surface area contributed by atoms with Crippen LogP contribution in [-0.4, -0.2) is 41.4 Å². The SMILES string of the molecule is CC1CCN(S(=O)(=O)CCc2ccncc2)C1CBr. The number of alkyl halides is 1. The molecule has 0 radical (unpaired) electrons. The van der Waals surface area contributed by atoms with Crippen LogP contribution in [0.4, 0.5) is 0 Å². The molecule has 0 aromatic carbocycles. The quantitative estimate of drug-likeness (QED) is 0.766. The molecule has 1 aliphatic rings. The number of hydrogen-bond acceptors (Lipinski definition) is 3. The maximum Gasteiger partial charge on any atom is 0.214 e. The third-order valence-corrected chi connectivity index (χ3v) is 6.30. The Morgan fingerprint density at radius 1 is 1.42 bits per heavy atom. The molecular formula is C13H19BrN2O2S. The molecule has 0 spiro atoms. The second kappa shape index (κ2) is 6.33. The molecule has 2 heterocycles. The Kier molecular flexibility index (Phi) is 4.97. The van der Waals surface area contributed by atoms with Crippen LogP contribution in [0, 0.1) is 5.92 Å². The summed E-state index contributed by atoms with van der Waals surface area (Å²) in [4.78, 5) is 3.94. The first-order valence-electron chi connectivity index (χ1n) is 6.49. The van der Waals surface area contributed by atoms with Crippen LogP contribution in [0.3, 0.4) is 0 Å². The van der Waals surface area contributed by atoms with E-state index in [9.17, 15) is 8.42 Å². The van der Waals surface area contributed by atoms with E-state index in [1.807, 2.05) is 12.1 Å². The van der Waals surface area contributed by atoms with E-state index in [4.69, 9.17) is 0 Å². The van der Waals surface area contributed by atoms with E-state index in [0.717, 1.165) is 12.0 Å². The lowest BCUT2D eigenvalue weighted by atomic mass is 10.1. The average Bonchev–Trinajstić information content (AvgIpc) is 2.79. The summed E-state index contributed by atoms with van der Waals surface area (Å²) in [5.41, 5.74) is 1.02. The molecule has 0 N–H and O–H groups in total. The van der Waals surface area contributed by atoms with Crippen molar-refractivity contribution in [2.75, 3.05) is 17.6 Å². The summed E-state index contributed by atoms with van der Waals surface area (Å²) in [6.45, 7) is 2.76. The maximum atomic E-state index is 12.4. The van der Waals surface area contributed by atoms with Gasteiger partial charge in [0.25, 0.3) is 0 Å². The molecule has 0 saturated carbocycles. The van der Waals surface area contributed by atoms with Gasteiger partial charge in [-0.15, -0.1) is 0 Å². The highest BCUT2D eigenvalue weighted by Gasteiger charge is 2.37. The fourth-order valence-electron chi connectivity index (χ4n) is 2.46. The number of pyridine rings is 1. The van der Waals surface area contributed by atoms with Crippen molar-refractivity contribution in [3.63, 3.8) is 0 Å². The van der Waals surface area contributed by atoms with Gasteiger partial charge in [-0.25, -0.2) is 8.42 Å². The fourth-order valence-corrected chi connectivity index (χ4v) is 5.45. The van der Waals surface area contributed by atoms with Gasteiger partial charge in [-0.1, -0.05) is 22.9 Å². The van der Waals surface area contributed by atoms with E-state index in [0.29, 0.717) is 24.2 Å². The number of nitrogens with zero attached hydrogens (tertiary/aromatic N) is 2. The largest absolute Gasteiger partial charge is 0.265 e. The predicted molar refractivity (Wildman–Crippen MR) is 79.8 cm³/mol. The lowest BCUT2D eigenvalue weighted by Gasteiger charge is -2.24. The Balaban J connectivity index is 2.03. The molecule has 19 heavy (non-hydrogen) atoms. The number of rotatable bonds is 5. The highest BCUT2D eigenvalue weighted by Crippen LogP contribution is 2.28. The van der Waals surface area contributed by atoms with Crippen molar-refractivity contribution in [1.82, 2.24) is 9.29 Å². The summed E-state index contributed by atoms with van der Waals surface area (Å²) in [6.07, 6.45) is 4.89. The minimum atomic E-state index is -3.17. The summed E-state index contributed by atoms with van der Waals surface area (Å²) < 4.78 is 26.5. The second-order valence-corrected chi connectivity index (χ2v) is 7.71. The minimum absolute atomic E-state index is 0.0995. The smallest absolute Gasteiger partial charge is 0.214 e. The van der Waals surface area contributed by atoms with Gasteiger partial charge < -0.3 is 0 Å². The lowest BCUT2D eigenvalue weighted by Crippen LogP contribution is -2.40. The normalized spacial score (nSPS) is 24.7. The number of sulfonamides is 1. The van der Waals surface area contributed by atoms with E-state index in [1.54, 1.807) is 16.7 Å². The first kappa shape index (κ1) is 14.9. The molecule has 6 heteroatoms. The van der Waals surface area contributed by atoms with Crippen molar-refractivity contribution >= 4 is 26.0 Å². The molecule has 2 rings (SSSR count). The third-order valence-electron chi connectivity index (χ3n) is 3.75. The Morgan fingerprint density at radius 2 is 2.11 bits per heavy atom. The van der Waals surface area contributed by atoms with Gasteiger partial charge in [-0.3, -0.25) is 4.98 Å². The van der Waals surface area contributed by atoms with Gasteiger partial charge in [0.05, 0.1) is 5.75 Å². The van der Waals surface area contributed by atoms with Crippen molar-refractivity contribution in [2.24, 2.45) is 5.92 Å². The van der Waals surface area contributed by atoms with Crippen LogP contribution in [0.25, 0.3) is 0 Å². The zero-order valence-corrected chi connectivity index (χ0v) is 13.4. The summed E-state index contributed by atoms with van der Waals surface area (Å²) in [6, 6.07) is 3.83. The molecule has 2 atom stereocenters. The molecular weight excluding hydrogens is 328 g/mol. The molecule has 1 aromatic heterocycles. The second-order valence-electron chi connectivity index (χ2n) is 5.02. The first-order chi connectivity index (χ1) is 9.04.